The largest absolute Gasteiger partial charge is 0.508 e. The molecule has 34 heteroatoms. The minimum atomic E-state index is -0.351. The maximum Gasteiger partial charge on any atom is 0.330 e. The highest BCUT2D eigenvalue weighted by atomic mass is 35.5. The molecule has 0 fully saturated rings. The molecular formula is C96H94ClFN14O17S. The van der Waals surface area contributed by atoms with Crippen LogP contribution in [0.3, 0.4) is 0 Å². The quantitative estimate of drug-likeness (QED) is 0.0235. The fourth-order valence-corrected chi connectivity index (χ4v) is 15.4. The minimum absolute atomic E-state index is 0.00927. The Bertz CT molecular complexity index is 6930. The Hall–Kier alpha value is -15.8. The number of aromatic nitrogens is 10. The van der Waals surface area contributed by atoms with E-state index in [1.807, 2.05) is 90.1 Å². The number of nitrogens with one attached hydrogen (secondary N) is 4. The molecule has 5 aromatic heterocycles. The van der Waals surface area contributed by atoms with E-state index in [0.717, 1.165) is 62.1 Å². The van der Waals surface area contributed by atoms with Crippen molar-refractivity contribution >= 4 is 41.3 Å². The van der Waals surface area contributed by atoms with Gasteiger partial charge in [-0.25, -0.2) is 14.2 Å². The van der Waals surface area contributed by atoms with Crippen molar-refractivity contribution in [3.05, 3.63) is 253 Å². The molecule has 0 unspecified atom stereocenters. The van der Waals surface area contributed by atoms with Crippen LogP contribution in [0.15, 0.2) is 203 Å². The molecule has 0 amide bonds. The van der Waals surface area contributed by atoms with Gasteiger partial charge in [-0.15, -0.1) is 5.10 Å². The van der Waals surface area contributed by atoms with Crippen LogP contribution in [0.25, 0.3) is 95.6 Å². The number of fused-ring (bicyclic) bond motifs is 1. The van der Waals surface area contributed by atoms with Gasteiger partial charge >= 0.3 is 5.69 Å². The number of ketones is 1. The van der Waals surface area contributed by atoms with E-state index in [1.165, 1.54) is 53.2 Å². The fourth-order valence-electron chi connectivity index (χ4n) is 15.0. The summed E-state index contributed by atoms with van der Waals surface area (Å²) in [7, 11) is 4.71. The van der Waals surface area contributed by atoms with Crippen LogP contribution in [-0.2, 0) is 25.7 Å². The van der Waals surface area contributed by atoms with Crippen molar-refractivity contribution in [3.63, 3.8) is 0 Å². The molecule has 0 aliphatic carbocycles. The van der Waals surface area contributed by atoms with Crippen molar-refractivity contribution in [1.82, 2.24) is 49.0 Å². The molecule has 0 saturated heterocycles. The molecule has 2 aliphatic rings. The van der Waals surface area contributed by atoms with Gasteiger partial charge in [0.05, 0.1) is 72.4 Å². The molecule has 0 bridgehead atoms. The van der Waals surface area contributed by atoms with E-state index in [0.29, 0.717) is 182 Å². The number of hydrogen-bond acceptors (Lipinski definition) is 25. The van der Waals surface area contributed by atoms with Gasteiger partial charge in [0.25, 0.3) is 0 Å². The molecule has 2 aliphatic heterocycles. The Morgan fingerprint density at radius 3 is 1.63 bits per heavy atom. The lowest BCUT2D eigenvalue weighted by Crippen LogP contribution is -2.19. The number of rotatable bonds is 21. The number of nitrogen functional groups attached to an aromatic ring is 1. The third kappa shape index (κ3) is 19.3. The molecule has 670 valence electrons. The second-order valence-corrected chi connectivity index (χ2v) is 30.6. The lowest BCUT2D eigenvalue weighted by Gasteiger charge is -2.19. The third-order valence-electron chi connectivity index (χ3n) is 21.7. The first-order valence-electron chi connectivity index (χ1n) is 41.2. The van der Waals surface area contributed by atoms with Gasteiger partial charge in [0.2, 0.25) is 5.95 Å². The zero-order valence-electron chi connectivity index (χ0n) is 72.3. The number of ether oxygens (including phenoxy) is 5. The molecule has 16 N–H and O–H groups in total. The monoisotopic (exact) mass is 1800 g/mol. The number of phenolic OH excluding ortho intramolecular Hbond substituents is 10. The fraction of sp³-hybridized carbons (Fsp3) is 0.198. The standard InChI is InChI=1S/C20H19ClN2O4.C20H20N2O4.C19H17N5O3.C19H21N3O4.C18H17FN2O2S/c1-3-4-15(24)20-18(11-5-7-12(27-2)8-6-11)19(22-23-20)13-9-14(21)17(26)10-16(13)25;1-3-12-8-14(16(24)10-15(12)23)20-19(11(2)21-22-20)13-4-5-17-18(9-13)26-7-6-25-17;1-2-11-7-13(18(26)8-17(11)25)16-10-20-19(27)24(16)15-6-4-3-5-12(15)14-9-21-23-22-14;1-4-11-7-13(17(24)9-16(11)23)15-10-21-19(20)22(15)14-8-12(25-2)5-6-18(14)26-3;1-3-11-7-13(17(23)8-16(11)22)15-9-20-18(24)21(15)14-5-4-12(19)6-10(14)2/h5-10,25-26H,3-4H2,1-2H3,(H,22,23);4-5,8-10,23-24H,3,6-7H2,1-2H3,(H,21,22);3-8,10,25-26H,2,9H2,1H3,(H,20,27);5-10,23-24H,4H2,1-3H3,(H2,20,21);4-9,22-23H,3H2,1-2H3,(H,20,24). The lowest BCUT2D eigenvalue weighted by molar-refractivity contribution is 0.0977. The van der Waals surface area contributed by atoms with Gasteiger partial charge in [-0.2, -0.15) is 15.3 Å². The van der Waals surface area contributed by atoms with Crippen LogP contribution in [0.4, 0.5) is 10.3 Å². The normalized spacial score (nSPS) is 11.7. The van der Waals surface area contributed by atoms with Crippen molar-refractivity contribution in [1.29, 1.82) is 0 Å². The summed E-state index contributed by atoms with van der Waals surface area (Å²) in [5, 5.41) is 127. The summed E-state index contributed by atoms with van der Waals surface area (Å²) in [6.45, 7) is 14.8. The van der Waals surface area contributed by atoms with E-state index in [2.05, 4.69) is 50.8 Å². The van der Waals surface area contributed by atoms with Gasteiger partial charge in [0, 0.05) is 105 Å². The Labute approximate surface area is 754 Å². The SMILES string of the molecule is CCCC(=O)c1[nH]nc(-c2cc(Cl)c(O)cc2O)c1-c1ccc(OC)cc1.CCc1cc(-c2c[nH]c(=O)n2-c2ccccc2C2=NN=NC2)c(O)cc1O.CCc1cc(-c2c[nH]c(=S)n2-c2ccc(F)cc2C)c(O)cc1O.CCc1cc(-c2cnc(N)n2-c2cc(OC)ccc2OC)c(O)cc1O.CCc1cc(-c2n[nH]c(C)c2-c2ccc3c(c2)OCCO3)c(O)cc1O. The molecule has 17 rings (SSSR count). The van der Waals surface area contributed by atoms with Gasteiger partial charge in [0.1, 0.15) is 117 Å². The maximum atomic E-state index is 13.4. The van der Waals surface area contributed by atoms with Crippen LogP contribution in [0.5, 0.6) is 86.2 Å². The predicted molar refractivity (Wildman–Crippen MR) is 495 cm³/mol. The molecular weight excluding hydrogens is 1710 g/mol. The number of methoxy groups -OCH3 is 3. The van der Waals surface area contributed by atoms with E-state index < -0.39 is 0 Å². The van der Waals surface area contributed by atoms with E-state index in [4.69, 9.17) is 53.2 Å². The topological polar surface area (TPSA) is 462 Å². The third-order valence-corrected chi connectivity index (χ3v) is 22.3. The van der Waals surface area contributed by atoms with Crippen LogP contribution in [0, 0.1) is 24.4 Å². The van der Waals surface area contributed by atoms with Gasteiger partial charge in [-0.1, -0.05) is 82.6 Å². The Balaban J connectivity index is 0.000000139. The average Bonchev–Trinajstić information content (AvgIpc) is 1.65. The first-order chi connectivity index (χ1) is 62.5. The number of carbonyl (C=O) groups is 1. The van der Waals surface area contributed by atoms with Crippen LogP contribution < -0.4 is 35.1 Å². The number of aromatic hydroxyl groups is 10. The highest BCUT2D eigenvalue weighted by molar-refractivity contribution is 7.71. The van der Waals surface area contributed by atoms with Gasteiger partial charge in [-0.05, 0) is 193 Å². The molecule has 31 nitrogen and oxygen atoms in total. The average molecular weight is 1800 g/mol. The number of hydrogen-bond donors (Lipinski definition) is 15. The zero-order chi connectivity index (χ0) is 93.1. The number of imidazole rings is 3. The molecule has 15 aromatic rings. The maximum absolute atomic E-state index is 13.4. The molecule has 0 atom stereocenters. The van der Waals surface area contributed by atoms with Gasteiger partial charge < -0.3 is 90.5 Å². The number of nitrogens with two attached hydrogens (primary N) is 1. The van der Waals surface area contributed by atoms with Crippen molar-refractivity contribution in [2.75, 3.05) is 46.8 Å². The van der Waals surface area contributed by atoms with Crippen LogP contribution in [0.1, 0.15) is 97.0 Å². The molecule has 0 spiro atoms. The van der Waals surface area contributed by atoms with Gasteiger partial charge in [0.15, 0.2) is 22.1 Å². The Morgan fingerprint density at radius 1 is 0.523 bits per heavy atom. The van der Waals surface area contributed by atoms with E-state index in [-0.39, 0.29) is 85.8 Å². The van der Waals surface area contributed by atoms with E-state index in [1.54, 1.807) is 117 Å². The summed E-state index contributed by atoms with van der Waals surface area (Å²) in [4.78, 5) is 35.0. The number of H-pyrrole nitrogens is 4. The molecule has 0 radical (unpaired) electrons. The minimum Gasteiger partial charge on any atom is -0.508 e. The summed E-state index contributed by atoms with van der Waals surface area (Å²) in [6.07, 6.45) is 8.35. The summed E-state index contributed by atoms with van der Waals surface area (Å²) >= 11 is 11.4. The number of benzene rings is 10. The molecule has 7 heterocycles. The predicted octanol–water partition coefficient (Wildman–Crippen LogP) is 19.3. The number of phenols is 10. The smallest absolute Gasteiger partial charge is 0.330 e. The number of carbonyl (C=O) groups excluding carboxylic acids is 1. The summed E-state index contributed by atoms with van der Waals surface area (Å²) in [6, 6.07) is 44.9. The Kier molecular flexibility index (Phi) is 28.5. The van der Waals surface area contributed by atoms with Crippen LogP contribution in [-0.4, -0.2) is 153 Å². The Morgan fingerprint density at radius 2 is 1.05 bits per heavy atom. The molecule has 10 aromatic carbocycles. The summed E-state index contributed by atoms with van der Waals surface area (Å²) < 4.78 is 45.9. The van der Waals surface area contributed by atoms with Crippen LogP contribution >= 0.6 is 23.8 Å². The number of anilines is 1. The lowest BCUT2D eigenvalue weighted by atomic mass is 9.96. The van der Waals surface area contributed by atoms with Crippen molar-refractivity contribution in [2.24, 2.45) is 15.4 Å². The number of nitrogens with zero attached hydrogens (tertiary/aromatic N) is 9. The second-order valence-electron chi connectivity index (χ2n) is 29.8. The second kappa shape index (κ2) is 40.3. The highest BCUT2D eigenvalue weighted by Crippen LogP contribution is 2.47. The van der Waals surface area contributed by atoms with Crippen molar-refractivity contribution in [2.45, 2.75) is 87.0 Å². The van der Waals surface area contributed by atoms with Crippen LogP contribution in [0.2, 0.25) is 5.02 Å². The van der Waals surface area contributed by atoms with Crippen molar-refractivity contribution in [3.8, 4) is 182 Å². The first kappa shape index (κ1) is 91.9. The number of Topliss-reactive ketones (excluding diaryl/α,β-unsaturated/α-hetero) is 1. The number of aryl methyl sites for hydroxylation is 6. The number of para-hydroxylation sites is 1. The first-order valence-corrected chi connectivity index (χ1v) is 41.9. The van der Waals surface area contributed by atoms with E-state index in [9.17, 15) is 65.0 Å². The van der Waals surface area contributed by atoms with E-state index >= 15 is 0 Å². The molecule has 0 saturated carbocycles. The number of aromatic amines is 4. The summed E-state index contributed by atoms with van der Waals surface area (Å²) in [5.41, 5.74) is 22.1. The van der Waals surface area contributed by atoms with Gasteiger partial charge in [-0.3, -0.25) is 28.7 Å². The highest BCUT2D eigenvalue weighted by Gasteiger charge is 2.29. The number of halogens is 2. The molecule has 130 heavy (non-hydrogen) atoms. The zero-order valence-corrected chi connectivity index (χ0v) is 73.9. The van der Waals surface area contributed by atoms with Crippen molar-refractivity contribution < 1.29 is 83.9 Å². The summed E-state index contributed by atoms with van der Waals surface area (Å²) in [5.74, 6) is 2.69.